The molecule has 0 amide bonds. The van der Waals surface area contributed by atoms with Gasteiger partial charge in [-0.3, -0.25) is 4.79 Å². The van der Waals surface area contributed by atoms with Crippen molar-refractivity contribution in [2.75, 3.05) is 13.2 Å². The van der Waals surface area contributed by atoms with E-state index in [4.69, 9.17) is 14.2 Å². The lowest BCUT2D eigenvalue weighted by atomic mass is 9.93. The van der Waals surface area contributed by atoms with E-state index in [0.29, 0.717) is 30.3 Å². The van der Waals surface area contributed by atoms with Crippen molar-refractivity contribution in [2.24, 2.45) is 0 Å². The van der Waals surface area contributed by atoms with Gasteiger partial charge < -0.3 is 24.4 Å². The first-order valence-electron chi connectivity index (χ1n) is 7.25. The Labute approximate surface area is 131 Å². The van der Waals surface area contributed by atoms with Crippen molar-refractivity contribution in [2.45, 2.75) is 12.2 Å². The molecule has 2 aliphatic heterocycles. The van der Waals surface area contributed by atoms with Gasteiger partial charge in [0, 0.05) is 6.07 Å². The number of ketones is 1. The number of fused-ring (bicyclic) bond motifs is 2. The first kappa shape index (κ1) is 13.9. The van der Waals surface area contributed by atoms with Crippen LogP contribution in [0.4, 0.5) is 0 Å². The molecule has 0 radical (unpaired) electrons. The summed E-state index contributed by atoms with van der Waals surface area (Å²) in [5, 5.41) is 19.9. The Morgan fingerprint density at radius 2 is 1.74 bits per heavy atom. The summed E-state index contributed by atoms with van der Waals surface area (Å²) in [5.74, 6) is 0.980. The standard InChI is InChI=1S/C17H14O6/c18-10-2-3-11-13(8-10)23-17(16(20)15(11)19)9-1-4-12-14(7-9)22-6-5-21-12/h1-4,7-8,16-18,20H,5-6H2/t16-,17+/m1/s1. The van der Waals surface area contributed by atoms with E-state index in [-0.39, 0.29) is 17.1 Å². The van der Waals surface area contributed by atoms with E-state index in [0.717, 1.165) is 0 Å². The molecule has 4 rings (SSSR count). The van der Waals surface area contributed by atoms with Crippen LogP contribution in [0.5, 0.6) is 23.0 Å². The van der Waals surface area contributed by atoms with Crippen LogP contribution in [0.1, 0.15) is 22.0 Å². The Balaban J connectivity index is 1.73. The van der Waals surface area contributed by atoms with Gasteiger partial charge in [-0.25, -0.2) is 0 Å². The van der Waals surface area contributed by atoms with Gasteiger partial charge in [0.1, 0.15) is 24.7 Å². The molecule has 2 atom stereocenters. The summed E-state index contributed by atoms with van der Waals surface area (Å²) in [4.78, 5) is 12.3. The number of aliphatic hydroxyl groups excluding tert-OH is 1. The maximum atomic E-state index is 12.3. The molecule has 2 aromatic carbocycles. The third kappa shape index (κ3) is 2.27. The summed E-state index contributed by atoms with van der Waals surface area (Å²) in [7, 11) is 0. The lowest BCUT2D eigenvalue weighted by Gasteiger charge is -2.30. The highest BCUT2D eigenvalue weighted by Crippen LogP contribution is 2.40. The molecule has 0 fully saturated rings. The molecule has 6 heteroatoms. The average Bonchev–Trinajstić information content (AvgIpc) is 2.57. The van der Waals surface area contributed by atoms with E-state index < -0.39 is 18.0 Å². The lowest BCUT2D eigenvalue weighted by molar-refractivity contribution is 0.0214. The number of hydrogen-bond donors (Lipinski definition) is 2. The third-order valence-electron chi connectivity index (χ3n) is 3.93. The van der Waals surface area contributed by atoms with Gasteiger partial charge in [0.05, 0.1) is 5.56 Å². The molecule has 2 aromatic rings. The number of hydrogen-bond acceptors (Lipinski definition) is 6. The Bertz CT molecular complexity index is 785. The maximum absolute atomic E-state index is 12.3. The molecule has 23 heavy (non-hydrogen) atoms. The minimum Gasteiger partial charge on any atom is -0.508 e. The minimum atomic E-state index is -1.32. The highest BCUT2D eigenvalue weighted by molar-refractivity contribution is 6.03. The van der Waals surface area contributed by atoms with Crippen molar-refractivity contribution in [3.63, 3.8) is 0 Å². The molecule has 0 spiro atoms. The van der Waals surface area contributed by atoms with Crippen molar-refractivity contribution < 1.29 is 29.2 Å². The Hall–Kier alpha value is -2.73. The zero-order valence-corrected chi connectivity index (χ0v) is 12.1. The number of phenols is 1. The Kier molecular flexibility index (Phi) is 3.12. The molecule has 118 valence electrons. The second kappa shape index (κ2) is 5.17. The zero-order valence-electron chi connectivity index (χ0n) is 12.1. The number of carbonyl (C=O) groups is 1. The van der Waals surface area contributed by atoms with E-state index in [1.54, 1.807) is 18.2 Å². The molecule has 0 aromatic heterocycles. The number of benzene rings is 2. The number of rotatable bonds is 1. The summed E-state index contributed by atoms with van der Waals surface area (Å²) in [6, 6.07) is 9.34. The molecule has 2 aliphatic rings. The van der Waals surface area contributed by atoms with Gasteiger partial charge in [-0.2, -0.15) is 0 Å². The van der Waals surface area contributed by atoms with Crippen LogP contribution in [0.25, 0.3) is 0 Å². The van der Waals surface area contributed by atoms with E-state index >= 15 is 0 Å². The van der Waals surface area contributed by atoms with Gasteiger partial charge in [0.2, 0.25) is 0 Å². The van der Waals surface area contributed by atoms with Crippen LogP contribution in [0, 0.1) is 0 Å². The van der Waals surface area contributed by atoms with E-state index in [9.17, 15) is 15.0 Å². The molecule has 0 unspecified atom stereocenters. The zero-order chi connectivity index (χ0) is 16.0. The van der Waals surface area contributed by atoms with Crippen molar-refractivity contribution in [1.82, 2.24) is 0 Å². The first-order chi connectivity index (χ1) is 11.1. The van der Waals surface area contributed by atoms with E-state index in [2.05, 4.69) is 0 Å². The van der Waals surface area contributed by atoms with Crippen molar-refractivity contribution in [3.8, 4) is 23.0 Å². The van der Waals surface area contributed by atoms with Crippen LogP contribution in [0.3, 0.4) is 0 Å². The van der Waals surface area contributed by atoms with Crippen molar-refractivity contribution in [1.29, 1.82) is 0 Å². The van der Waals surface area contributed by atoms with Gasteiger partial charge in [-0.05, 0) is 29.8 Å². The fourth-order valence-electron chi connectivity index (χ4n) is 2.80. The molecule has 6 nitrogen and oxygen atoms in total. The molecule has 0 saturated carbocycles. The molecule has 0 bridgehead atoms. The van der Waals surface area contributed by atoms with Crippen LogP contribution < -0.4 is 14.2 Å². The van der Waals surface area contributed by atoms with Gasteiger partial charge >= 0.3 is 0 Å². The fraction of sp³-hybridized carbons (Fsp3) is 0.235. The SMILES string of the molecule is O=C1c2ccc(O)cc2O[C@@H](c2ccc3c(c2)OCCO3)[C@@H]1O. The normalized spacial score (nSPS) is 22.2. The first-order valence-corrected chi connectivity index (χ1v) is 7.25. The number of aromatic hydroxyl groups is 1. The monoisotopic (exact) mass is 314 g/mol. The smallest absolute Gasteiger partial charge is 0.199 e. The van der Waals surface area contributed by atoms with Crippen LogP contribution in [0.2, 0.25) is 0 Å². The average molecular weight is 314 g/mol. The summed E-state index contributed by atoms with van der Waals surface area (Å²) < 4.78 is 16.7. The topological polar surface area (TPSA) is 85.2 Å². The highest BCUT2D eigenvalue weighted by Gasteiger charge is 2.37. The Morgan fingerprint density at radius 1 is 0.957 bits per heavy atom. The van der Waals surface area contributed by atoms with Gasteiger partial charge in [0.15, 0.2) is 29.5 Å². The van der Waals surface area contributed by atoms with Crippen LogP contribution >= 0.6 is 0 Å². The summed E-state index contributed by atoms with van der Waals surface area (Å²) >= 11 is 0. The van der Waals surface area contributed by atoms with Gasteiger partial charge in [0.25, 0.3) is 0 Å². The molecule has 2 heterocycles. The van der Waals surface area contributed by atoms with E-state index in [1.165, 1.54) is 18.2 Å². The predicted molar refractivity (Wildman–Crippen MR) is 79.2 cm³/mol. The van der Waals surface area contributed by atoms with Crippen LogP contribution in [-0.2, 0) is 0 Å². The van der Waals surface area contributed by atoms with Crippen molar-refractivity contribution >= 4 is 5.78 Å². The number of ether oxygens (including phenoxy) is 3. The van der Waals surface area contributed by atoms with Crippen LogP contribution in [0.15, 0.2) is 36.4 Å². The Morgan fingerprint density at radius 3 is 2.57 bits per heavy atom. The summed E-state index contributed by atoms with van der Waals surface area (Å²) in [6.07, 6.45) is -2.19. The number of aliphatic hydroxyl groups is 1. The minimum absolute atomic E-state index is 0.00568. The maximum Gasteiger partial charge on any atom is 0.199 e. The second-order valence-corrected chi connectivity index (χ2v) is 5.43. The molecule has 0 saturated heterocycles. The lowest BCUT2D eigenvalue weighted by Crippen LogP contribution is -2.36. The number of Topliss-reactive ketones (excluding diaryl/α,β-unsaturated/α-hetero) is 1. The molecule has 2 N–H and O–H groups in total. The number of phenolic OH excluding ortho intramolecular Hbond substituents is 1. The second-order valence-electron chi connectivity index (χ2n) is 5.43. The third-order valence-corrected chi connectivity index (χ3v) is 3.93. The van der Waals surface area contributed by atoms with E-state index in [1.807, 2.05) is 0 Å². The van der Waals surface area contributed by atoms with Gasteiger partial charge in [-0.1, -0.05) is 6.07 Å². The molecular formula is C17H14O6. The van der Waals surface area contributed by atoms with Crippen LogP contribution in [-0.4, -0.2) is 35.3 Å². The quantitative estimate of drug-likeness (QED) is 0.835. The summed E-state index contributed by atoms with van der Waals surface area (Å²) in [5.41, 5.74) is 0.855. The van der Waals surface area contributed by atoms with Gasteiger partial charge in [-0.15, -0.1) is 0 Å². The van der Waals surface area contributed by atoms with Crippen molar-refractivity contribution in [3.05, 3.63) is 47.5 Å². The largest absolute Gasteiger partial charge is 0.508 e. The molecular weight excluding hydrogens is 300 g/mol. The predicted octanol–water partition coefficient (Wildman–Crippen LogP) is 1.84. The fourth-order valence-corrected chi connectivity index (χ4v) is 2.80. The summed E-state index contributed by atoms with van der Waals surface area (Å²) in [6.45, 7) is 0.931. The number of carbonyl (C=O) groups excluding carboxylic acids is 1. The highest BCUT2D eigenvalue weighted by atomic mass is 16.6. The molecule has 0 aliphatic carbocycles.